The summed E-state index contributed by atoms with van der Waals surface area (Å²) in [6.45, 7) is 4.88. The van der Waals surface area contributed by atoms with Gasteiger partial charge in [-0.3, -0.25) is 0 Å². The van der Waals surface area contributed by atoms with Crippen LogP contribution in [0.5, 0.6) is 11.5 Å². The quantitative estimate of drug-likeness (QED) is 0.882. The molecule has 0 amide bonds. The van der Waals surface area contributed by atoms with E-state index < -0.39 is 11.5 Å². The van der Waals surface area contributed by atoms with Gasteiger partial charge in [-0.25, -0.2) is 9.98 Å². The molecule has 2 aliphatic heterocycles. The van der Waals surface area contributed by atoms with Crippen LogP contribution in [-0.2, 0) is 9.47 Å². The largest absolute Gasteiger partial charge is 0.501 e. The zero-order valence-corrected chi connectivity index (χ0v) is 12.0. The molecule has 2 N–H and O–H groups in total. The van der Waals surface area contributed by atoms with Crippen molar-refractivity contribution in [2.45, 2.75) is 38.8 Å². The summed E-state index contributed by atoms with van der Waals surface area (Å²) in [5, 5.41) is 20.0. The van der Waals surface area contributed by atoms with Crippen LogP contribution in [-0.4, -0.2) is 47.3 Å². The first-order chi connectivity index (χ1) is 10.1. The minimum Gasteiger partial charge on any atom is -0.501 e. The Labute approximate surface area is 121 Å². The van der Waals surface area contributed by atoms with Gasteiger partial charge in [-0.05, 0) is 12.8 Å². The van der Waals surface area contributed by atoms with Gasteiger partial charge in [0.15, 0.2) is 0 Å². The normalized spacial score (nSPS) is 24.5. The molecule has 1 aromatic heterocycles. The molecule has 2 atom stereocenters. The van der Waals surface area contributed by atoms with Gasteiger partial charge in [0.2, 0.25) is 23.0 Å². The van der Waals surface area contributed by atoms with Crippen LogP contribution >= 0.6 is 0 Å². The van der Waals surface area contributed by atoms with E-state index in [0.717, 1.165) is 12.8 Å². The van der Waals surface area contributed by atoms with Crippen LogP contribution < -0.4 is 0 Å². The van der Waals surface area contributed by atoms with Crippen LogP contribution in [0.15, 0.2) is 14.4 Å². The Kier molecular flexibility index (Phi) is 3.48. The maximum absolute atomic E-state index is 10.0. The van der Waals surface area contributed by atoms with Gasteiger partial charge in [-0.15, -0.1) is 0 Å². The van der Waals surface area contributed by atoms with Crippen LogP contribution in [0.25, 0.3) is 0 Å². The molecule has 0 bridgehead atoms. The molecule has 0 fully saturated rings. The summed E-state index contributed by atoms with van der Waals surface area (Å²) in [4.78, 5) is 8.60. The minimum atomic E-state index is -0.397. The fourth-order valence-corrected chi connectivity index (χ4v) is 2.20. The fourth-order valence-electron chi connectivity index (χ4n) is 2.20. The lowest BCUT2D eigenvalue weighted by atomic mass is 10.3. The maximum Gasteiger partial charge on any atom is 0.257 e. The van der Waals surface area contributed by atoms with E-state index in [4.69, 9.17) is 13.9 Å². The van der Waals surface area contributed by atoms with Crippen molar-refractivity contribution in [3.05, 3.63) is 11.5 Å². The van der Waals surface area contributed by atoms with E-state index in [0.29, 0.717) is 13.2 Å². The molecule has 114 valence electrons. The van der Waals surface area contributed by atoms with Gasteiger partial charge in [0.25, 0.3) is 11.8 Å². The Balaban J connectivity index is 1.93. The van der Waals surface area contributed by atoms with Crippen molar-refractivity contribution in [1.29, 1.82) is 0 Å². The lowest BCUT2D eigenvalue weighted by Crippen LogP contribution is -2.04. The third kappa shape index (κ3) is 2.32. The summed E-state index contributed by atoms with van der Waals surface area (Å²) in [7, 11) is 0. The molecule has 1 aromatic rings. The first-order valence-corrected chi connectivity index (χ1v) is 7.10. The van der Waals surface area contributed by atoms with Gasteiger partial charge in [0.05, 0.1) is 12.1 Å². The van der Waals surface area contributed by atoms with Crippen molar-refractivity contribution in [2.75, 3.05) is 13.2 Å². The van der Waals surface area contributed by atoms with Gasteiger partial charge in [0.1, 0.15) is 13.2 Å². The minimum absolute atomic E-state index is 0.0182. The zero-order valence-electron chi connectivity index (χ0n) is 12.0. The third-order valence-corrected chi connectivity index (χ3v) is 3.61. The van der Waals surface area contributed by atoms with Crippen LogP contribution in [0.2, 0.25) is 0 Å². The predicted octanol–water partition coefficient (Wildman–Crippen LogP) is 1.80. The van der Waals surface area contributed by atoms with Crippen molar-refractivity contribution in [2.24, 2.45) is 9.98 Å². The topological polar surface area (TPSA) is 96.8 Å². The van der Waals surface area contributed by atoms with Crippen LogP contribution in [0.1, 0.15) is 38.2 Å². The van der Waals surface area contributed by atoms with Crippen molar-refractivity contribution in [3.8, 4) is 11.5 Å². The number of aliphatic imine (C=N–C) groups is 2. The van der Waals surface area contributed by atoms with E-state index in [1.807, 2.05) is 13.8 Å². The van der Waals surface area contributed by atoms with Crippen molar-refractivity contribution in [1.82, 2.24) is 0 Å². The molecule has 7 nitrogen and oxygen atoms in total. The van der Waals surface area contributed by atoms with E-state index >= 15 is 0 Å². The molecular formula is C14H18N2O5. The van der Waals surface area contributed by atoms with E-state index in [1.54, 1.807) is 0 Å². The third-order valence-electron chi connectivity index (χ3n) is 3.61. The average Bonchev–Trinajstić information content (AvgIpc) is 3.20. The van der Waals surface area contributed by atoms with Crippen LogP contribution in [0, 0.1) is 0 Å². The summed E-state index contributed by atoms with van der Waals surface area (Å²) in [5.41, 5.74) is 0. The van der Waals surface area contributed by atoms with E-state index in [9.17, 15) is 10.2 Å². The molecule has 0 aromatic carbocycles. The van der Waals surface area contributed by atoms with E-state index in [1.165, 1.54) is 0 Å². The standard InChI is InChI=1S/C14H18N2O5/c1-3-7-5-19-13(15-7)11-9(17)10(18)12(21-11)14-16-8(4-2)6-20-14/h7-8,17-18H,3-6H2,1-2H3/t7-,8-/m0/s1. The fraction of sp³-hybridized carbons (Fsp3) is 0.571. The van der Waals surface area contributed by atoms with E-state index in [-0.39, 0.29) is 35.4 Å². The Hall–Kier alpha value is -2.18. The van der Waals surface area contributed by atoms with E-state index in [2.05, 4.69) is 9.98 Å². The summed E-state index contributed by atoms with van der Waals surface area (Å²) in [6, 6.07) is 0.0827. The number of rotatable bonds is 4. The number of ether oxygens (including phenoxy) is 2. The molecule has 0 saturated carbocycles. The van der Waals surface area contributed by atoms with Crippen molar-refractivity contribution < 1.29 is 24.1 Å². The Bertz CT molecular complexity index is 554. The Morgan fingerprint density at radius 1 is 0.905 bits per heavy atom. The number of furan rings is 1. The van der Waals surface area contributed by atoms with Crippen molar-refractivity contribution in [3.63, 3.8) is 0 Å². The molecule has 3 heterocycles. The van der Waals surface area contributed by atoms with Gasteiger partial charge in [-0.2, -0.15) is 0 Å². The summed E-state index contributed by atoms with van der Waals surface area (Å²) < 4.78 is 16.3. The first kappa shape index (κ1) is 13.8. The molecule has 0 saturated heterocycles. The highest BCUT2D eigenvalue weighted by atomic mass is 16.5. The maximum atomic E-state index is 10.0. The molecule has 0 aliphatic carbocycles. The van der Waals surface area contributed by atoms with Crippen LogP contribution in [0.3, 0.4) is 0 Å². The lowest BCUT2D eigenvalue weighted by Gasteiger charge is -1.98. The summed E-state index contributed by atoms with van der Waals surface area (Å²) in [6.07, 6.45) is 1.66. The highest BCUT2D eigenvalue weighted by Gasteiger charge is 2.33. The monoisotopic (exact) mass is 294 g/mol. The Morgan fingerprint density at radius 3 is 1.67 bits per heavy atom. The second-order valence-corrected chi connectivity index (χ2v) is 5.07. The molecular weight excluding hydrogens is 276 g/mol. The highest BCUT2D eigenvalue weighted by Crippen LogP contribution is 2.38. The van der Waals surface area contributed by atoms with Gasteiger partial charge in [-0.1, -0.05) is 13.8 Å². The number of aromatic hydroxyl groups is 2. The number of nitrogens with zero attached hydrogens (tertiary/aromatic N) is 2. The lowest BCUT2D eigenvalue weighted by molar-refractivity contribution is 0.300. The average molecular weight is 294 g/mol. The van der Waals surface area contributed by atoms with Gasteiger partial charge >= 0.3 is 0 Å². The zero-order chi connectivity index (χ0) is 15.0. The van der Waals surface area contributed by atoms with Crippen LogP contribution in [0.4, 0.5) is 0 Å². The van der Waals surface area contributed by atoms with Gasteiger partial charge < -0.3 is 24.1 Å². The molecule has 0 unspecified atom stereocenters. The van der Waals surface area contributed by atoms with Gasteiger partial charge in [0, 0.05) is 0 Å². The molecule has 2 aliphatic rings. The number of hydrogen-bond donors (Lipinski definition) is 2. The second kappa shape index (κ2) is 5.31. The number of hydrogen-bond acceptors (Lipinski definition) is 7. The molecule has 7 heteroatoms. The summed E-state index contributed by atoms with van der Waals surface area (Å²) >= 11 is 0. The smallest absolute Gasteiger partial charge is 0.257 e. The first-order valence-electron chi connectivity index (χ1n) is 7.10. The molecule has 3 rings (SSSR count). The predicted molar refractivity (Wildman–Crippen MR) is 75.2 cm³/mol. The summed E-state index contributed by atoms with van der Waals surface area (Å²) in [5.74, 6) is -0.356. The highest BCUT2D eigenvalue weighted by molar-refractivity contribution is 6.01. The molecule has 0 radical (unpaired) electrons. The Morgan fingerprint density at radius 2 is 1.33 bits per heavy atom. The SMILES string of the molecule is CC[C@H]1COC(c2oc(C3=N[C@@H](CC)CO3)c(O)c2O)=N1. The molecule has 0 spiro atoms. The second-order valence-electron chi connectivity index (χ2n) is 5.07. The molecule has 21 heavy (non-hydrogen) atoms. The van der Waals surface area contributed by atoms with Crippen molar-refractivity contribution >= 4 is 11.8 Å².